The van der Waals surface area contributed by atoms with Gasteiger partial charge in [0.2, 0.25) is 0 Å². The van der Waals surface area contributed by atoms with Gasteiger partial charge in [0.05, 0.1) is 10.7 Å². The zero-order chi connectivity index (χ0) is 20.1. The van der Waals surface area contributed by atoms with Crippen molar-refractivity contribution < 1.29 is 13.9 Å². The van der Waals surface area contributed by atoms with Gasteiger partial charge in [-0.25, -0.2) is 5.43 Å². The lowest BCUT2D eigenvalue weighted by molar-refractivity contribution is -0.123. The molecule has 3 rings (SSSR count). The number of nitrogens with zero attached hydrogens (tertiary/aromatic N) is 1. The molecule has 0 aliphatic carbocycles. The summed E-state index contributed by atoms with van der Waals surface area (Å²) in [5.74, 6) is 1.25. The molecular formula is C20H15BrCl2N2O3. The minimum Gasteiger partial charge on any atom is -0.483 e. The molecule has 0 fully saturated rings. The summed E-state index contributed by atoms with van der Waals surface area (Å²) in [7, 11) is 0. The highest BCUT2D eigenvalue weighted by atomic mass is 79.9. The van der Waals surface area contributed by atoms with E-state index < -0.39 is 5.91 Å². The quantitative estimate of drug-likeness (QED) is 0.354. The number of benzene rings is 2. The van der Waals surface area contributed by atoms with E-state index in [1.165, 1.54) is 6.21 Å². The van der Waals surface area contributed by atoms with Gasteiger partial charge in [0, 0.05) is 15.6 Å². The highest BCUT2D eigenvalue weighted by molar-refractivity contribution is 9.10. The Bertz CT molecular complexity index is 1030. The zero-order valence-electron chi connectivity index (χ0n) is 14.7. The normalized spacial score (nSPS) is 11.0. The van der Waals surface area contributed by atoms with Crippen molar-refractivity contribution in [1.29, 1.82) is 0 Å². The largest absolute Gasteiger partial charge is 0.483 e. The van der Waals surface area contributed by atoms with Gasteiger partial charge in [-0.3, -0.25) is 4.79 Å². The monoisotopic (exact) mass is 480 g/mol. The second kappa shape index (κ2) is 9.28. The van der Waals surface area contributed by atoms with Gasteiger partial charge >= 0.3 is 0 Å². The van der Waals surface area contributed by atoms with Crippen LogP contribution in [0.5, 0.6) is 5.75 Å². The van der Waals surface area contributed by atoms with Gasteiger partial charge in [-0.2, -0.15) is 5.10 Å². The van der Waals surface area contributed by atoms with Gasteiger partial charge in [0.15, 0.2) is 6.61 Å². The van der Waals surface area contributed by atoms with Crippen LogP contribution in [0.2, 0.25) is 10.0 Å². The molecule has 2 aromatic carbocycles. The fraction of sp³-hybridized carbons (Fsp3) is 0.100. The molecule has 1 heterocycles. The Balaban J connectivity index is 1.53. The molecule has 28 heavy (non-hydrogen) atoms. The summed E-state index contributed by atoms with van der Waals surface area (Å²) >= 11 is 15.3. The minimum atomic E-state index is -0.407. The van der Waals surface area contributed by atoms with Gasteiger partial charge in [-0.1, -0.05) is 35.3 Å². The first-order valence-corrected chi connectivity index (χ1v) is 9.73. The number of nitrogens with one attached hydrogen (secondary N) is 1. The van der Waals surface area contributed by atoms with Gasteiger partial charge < -0.3 is 9.15 Å². The van der Waals surface area contributed by atoms with Crippen molar-refractivity contribution in [3.05, 3.63) is 74.4 Å². The lowest BCUT2D eigenvalue weighted by Crippen LogP contribution is -2.24. The Labute approximate surface area is 180 Å². The van der Waals surface area contributed by atoms with Crippen LogP contribution in [0.1, 0.15) is 11.3 Å². The molecule has 1 amide bonds. The topological polar surface area (TPSA) is 63.8 Å². The van der Waals surface area contributed by atoms with Crippen molar-refractivity contribution in [3.8, 4) is 17.1 Å². The summed E-state index contributed by atoms with van der Waals surface area (Å²) < 4.78 is 11.8. The summed E-state index contributed by atoms with van der Waals surface area (Å²) in [6.45, 7) is 1.74. The van der Waals surface area contributed by atoms with Crippen molar-refractivity contribution in [2.75, 3.05) is 6.61 Å². The van der Waals surface area contributed by atoms with Crippen molar-refractivity contribution in [1.82, 2.24) is 5.43 Å². The third kappa shape index (κ3) is 5.38. The number of hydrogen-bond donors (Lipinski definition) is 1. The maximum absolute atomic E-state index is 11.8. The van der Waals surface area contributed by atoms with E-state index in [0.717, 1.165) is 11.1 Å². The van der Waals surface area contributed by atoms with Gasteiger partial charge in [-0.15, -0.1) is 0 Å². The molecule has 0 radical (unpaired) electrons. The van der Waals surface area contributed by atoms with Crippen LogP contribution in [0, 0.1) is 6.92 Å². The van der Waals surface area contributed by atoms with Crippen molar-refractivity contribution >= 4 is 51.3 Å². The number of aryl methyl sites for hydroxylation is 1. The van der Waals surface area contributed by atoms with Crippen molar-refractivity contribution in [3.63, 3.8) is 0 Å². The molecule has 0 bridgehead atoms. The van der Waals surface area contributed by atoms with Crippen LogP contribution in [0.15, 0.2) is 62.5 Å². The van der Waals surface area contributed by atoms with Crippen LogP contribution < -0.4 is 10.2 Å². The molecule has 144 valence electrons. The molecule has 0 atom stereocenters. The number of hydrogen-bond acceptors (Lipinski definition) is 4. The molecule has 1 N–H and O–H groups in total. The maximum atomic E-state index is 11.8. The second-order valence-corrected chi connectivity index (χ2v) is 7.52. The molecule has 0 unspecified atom stereocenters. The maximum Gasteiger partial charge on any atom is 0.277 e. The molecule has 0 aliphatic heterocycles. The number of ether oxygens (including phenoxy) is 1. The standard InChI is InChI=1S/C20H15BrCl2N2O3/c1-12-2-3-13(8-17(12)23)18-7-5-15(28-18)10-24-25-20(26)11-27-19-6-4-14(22)9-16(19)21/h2-10H,11H2,1H3,(H,25,26). The number of rotatable bonds is 6. The number of furan rings is 1. The van der Waals surface area contributed by atoms with E-state index in [-0.39, 0.29) is 6.61 Å². The van der Waals surface area contributed by atoms with Crippen LogP contribution in [0.3, 0.4) is 0 Å². The second-order valence-electron chi connectivity index (χ2n) is 5.82. The Morgan fingerprint density at radius 3 is 2.79 bits per heavy atom. The first kappa shape index (κ1) is 20.5. The molecule has 0 spiro atoms. The van der Waals surface area contributed by atoms with E-state index in [4.69, 9.17) is 32.4 Å². The number of carbonyl (C=O) groups excluding carboxylic acids is 1. The smallest absolute Gasteiger partial charge is 0.277 e. The molecule has 3 aromatic rings. The molecule has 5 nitrogen and oxygen atoms in total. The van der Waals surface area contributed by atoms with Gasteiger partial charge in [0.25, 0.3) is 5.91 Å². The molecule has 0 saturated carbocycles. The first-order chi connectivity index (χ1) is 13.4. The summed E-state index contributed by atoms with van der Waals surface area (Å²) in [6.07, 6.45) is 1.41. The lowest BCUT2D eigenvalue weighted by Gasteiger charge is -2.07. The van der Waals surface area contributed by atoms with E-state index in [2.05, 4.69) is 26.5 Å². The number of carbonyl (C=O) groups is 1. The Morgan fingerprint density at radius 2 is 2.04 bits per heavy atom. The third-order valence-electron chi connectivity index (χ3n) is 3.72. The molecule has 1 aromatic heterocycles. The number of amides is 1. The predicted octanol–water partition coefficient (Wildman–Crippen LogP) is 5.85. The van der Waals surface area contributed by atoms with Gasteiger partial charge in [0.1, 0.15) is 17.3 Å². The predicted molar refractivity (Wildman–Crippen MR) is 114 cm³/mol. The third-order valence-corrected chi connectivity index (χ3v) is 4.98. The van der Waals surface area contributed by atoms with Crippen LogP contribution >= 0.6 is 39.1 Å². The highest BCUT2D eigenvalue weighted by Gasteiger charge is 2.07. The summed E-state index contributed by atoms with van der Waals surface area (Å²) in [5, 5.41) is 5.11. The molecule has 0 aliphatic rings. The van der Waals surface area contributed by atoms with E-state index in [1.54, 1.807) is 24.3 Å². The van der Waals surface area contributed by atoms with Crippen LogP contribution in [-0.4, -0.2) is 18.7 Å². The summed E-state index contributed by atoms with van der Waals surface area (Å²) in [6, 6.07) is 14.3. The average molecular weight is 482 g/mol. The van der Waals surface area contributed by atoms with Crippen LogP contribution in [-0.2, 0) is 4.79 Å². The highest BCUT2D eigenvalue weighted by Crippen LogP contribution is 2.28. The fourth-order valence-corrected chi connectivity index (χ4v) is 3.24. The van der Waals surface area contributed by atoms with Gasteiger partial charge in [-0.05, 0) is 64.8 Å². The van der Waals surface area contributed by atoms with E-state index in [0.29, 0.717) is 31.8 Å². The fourth-order valence-electron chi connectivity index (χ4n) is 2.26. The summed E-state index contributed by atoms with van der Waals surface area (Å²) in [5.41, 5.74) is 4.24. The Morgan fingerprint density at radius 1 is 1.21 bits per heavy atom. The molecule has 8 heteroatoms. The molecule has 0 saturated heterocycles. The first-order valence-electron chi connectivity index (χ1n) is 8.18. The summed E-state index contributed by atoms with van der Waals surface area (Å²) in [4.78, 5) is 11.8. The average Bonchev–Trinajstić information content (AvgIpc) is 3.12. The Hall–Kier alpha value is -2.28. The lowest BCUT2D eigenvalue weighted by atomic mass is 10.1. The number of hydrazone groups is 1. The minimum absolute atomic E-state index is 0.192. The van der Waals surface area contributed by atoms with Crippen molar-refractivity contribution in [2.45, 2.75) is 6.92 Å². The Kier molecular flexibility index (Phi) is 6.78. The SMILES string of the molecule is Cc1ccc(-c2ccc(C=NNC(=O)COc3ccc(Cl)cc3Br)o2)cc1Cl. The van der Waals surface area contributed by atoms with Crippen LogP contribution in [0.25, 0.3) is 11.3 Å². The van der Waals surface area contributed by atoms with E-state index >= 15 is 0 Å². The van der Waals surface area contributed by atoms with E-state index in [9.17, 15) is 4.79 Å². The number of halogens is 3. The van der Waals surface area contributed by atoms with Crippen molar-refractivity contribution in [2.24, 2.45) is 5.10 Å². The van der Waals surface area contributed by atoms with E-state index in [1.807, 2.05) is 31.2 Å². The van der Waals surface area contributed by atoms with Crippen LogP contribution in [0.4, 0.5) is 0 Å². The molecular weight excluding hydrogens is 467 g/mol. The zero-order valence-corrected chi connectivity index (χ0v) is 17.8.